The van der Waals surface area contributed by atoms with Crippen LogP contribution in [0.25, 0.3) is 0 Å². The van der Waals surface area contributed by atoms with Crippen molar-refractivity contribution in [1.29, 1.82) is 0 Å². The molecule has 3 amide bonds. The van der Waals surface area contributed by atoms with Crippen LogP contribution in [0, 0.1) is 11.3 Å². The van der Waals surface area contributed by atoms with Crippen LogP contribution in [-0.4, -0.2) is 65.4 Å². The number of nitrogens with two attached hydrogens (primary N) is 1. The first-order valence-electron chi connectivity index (χ1n) is 12.0. The molecule has 1 aromatic rings. The Morgan fingerprint density at radius 1 is 1.03 bits per heavy atom. The van der Waals surface area contributed by atoms with Gasteiger partial charge in [0.2, 0.25) is 5.91 Å². The van der Waals surface area contributed by atoms with E-state index in [-0.39, 0.29) is 23.4 Å². The van der Waals surface area contributed by atoms with E-state index in [0.29, 0.717) is 35.5 Å². The topological polar surface area (TPSA) is 69.9 Å². The van der Waals surface area contributed by atoms with E-state index in [0.717, 1.165) is 44.6 Å². The maximum atomic E-state index is 13.3. The Kier molecular flexibility index (Phi) is 10.3. The zero-order valence-corrected chi connectivity index (χ0v) is 22.3. The number of carbonyl (C=O) groups excluding carboxylic acids is 2. The monoisotopic (exact) mass is 498 g/mol. The molecule has 3 rings (SSSR count). The summed E-state index contributed by atoms with van der Waals surface area (Å²) in [5.74, 6) is 0.546. The fourth-order valence-electron chi connectivity index (χ4n) is 4.64. The number of piperazine rings is 1. The van der Waals surface area contributed by atoms with Crippen molar-refractivity contribution in [2.45, 2.75) is 66.5 Å². The summed E-state index contributed by atoms with van der Waals surface area (Å²) in [5.41, 5.74) is 6.48. The minimum Gasteiger partial charge on any atom is -0.351 e. The van der Waals surface area contributed by atoms with Gasteiger partial charge in [-0.2, -0.15) is 0 Å². The SMILES string of the molecule is CC.CC(C)(C)C1CN(Cc2ccc(Cl)c(Cl)c2)CCN1C(=O)CC1CCN(C(N)=O)CC1. The van der Waals surface area contributed by atoms with Gasteiger partial charge in [0.25, 0.3) is 0 Å². The van der Waals surface area contributed by atoms with Gasteiger partial charge in [-0.3, -0.25) is 9.69 Å². The number of likely N-dealkylation sites (tertiary alicyclic amines) is 1. The molecule has 0 aromatic heterocycles. The minimum atomic E-state index is -0.365. The molecule has 0 radical (unpaired) electrons. The highest BCUT2D eigenvalue weighted by Crippen LogP contribution is 2.31. The number of hydrogen-bond donors (Lipinski definition) is 1. The van der Waals surface area contributed by atoms with Crippen molar-refractivity contribution in [3.05, 3.63) is 33.8 Å². The average molecular weight is 500 g/mol. The molecule has 2 N–H and O–H groups in total. The van der Waals surface area contributed by atoms with Crippen LogP contribution in [0.2, 0.25) is 10.0 Å². The quantitative estimate of drug-likeness (QED) is 0.615. The molecule has 0 bridgehead atoms. The van der Waals surface area contributed by atoms with Crippen LogP contribution < -0.4 is 5.73 Å². The number of primary amides is 1. The molecular weight excluding hydrogens is 459 g/mol. The molecule has 186 valence electrons. The smallest absolute Gasteiger partial charge is 0.314 e. The lowest BCUT2D eigenvalue weighted by molar-refractivity contribution is -0.141. The lowest BCUT2D eigenvalue weighted by Gasteiger charge is -2.48. The molecule has 2 fully saturated rings. The number of amides is 3. The molecule has 8 heteroatoms. The second-order valence-electron chi connectivity index (χ2n) is 9.93. The fraction of sp³-hybridized carbons (Fsp3) is 0.680. The lowest BCUT2D eigenvalue weighted by Crippen LogP contribution is -2.59. The number of rotatable bonds is 4. The van der Waals surface area contributed by atoms with Gasteiger partial charge in [-0.15, -0.1) is 0 Å². The summed E-state index contributed by atoms with van der Waals surface area (Å²) in [7, 11) is 0. The standard InChI is InChI=1S/C23H34Cl2N4O2.C2H6/c1-23(2,3)20-15-27(14-17-4-5-18(24)19(25)12-17)10-11-29(20)21(30)13-16-6-8-28(9-7-16)22(26)31;1-2/h4-5,12,16,20H,6-11,13-15H2,1-3H3,(H2,26,31);1-2H3. The third-order valence-corrected chi connectivity index (χ3v) is 7.30. The summed E-state index contributed by atoms with van der Waals surface area (Å²) < 4.78 is 0. The summed E-state index contributed by atoms with van der Waals surface area (Å²) in [6.07, 6.45) is 2.23. The highest BCUT2D eigenvalue weighted by atomic mass is 35.5. The van der Waals surface area contributed by atoms with Crippen molar-refractivity contribution in [1.82, 2.24) is 14.7 Å². The summed E-state index contributed by atoms with van der Waals surface area (Å²) in [6, 6.07) is 5.55. The first-order chi connectivity index (χ1) is 15.5. The molecule has 2 aliphatic heterocycles. The number of urea groups is 1. The van der Waals surface area contributed by atoms with Gasteiger partial charge in [-0.1, -0.05) is 63.9 Å². The van der Waals surface area contributed by atoms with Gasteiger partial charge < -0.3 is 15.5 Å². The first-order valence-corrected chi connectivity index (χ1v) is 12.8. The van der Waals surface area contributed by atoms with E-state index in [4.69, 9.17) is 28.9 Å². The minimum absolute atomic E-state index is 0.0265. The second kappa shape index (κ2) is 12.3. The van der Waals surface area contributed by atoms with E-state index in [9.17, 15) is 9.59 Å². The molecule has 2 heterocycles. The summed E-state index contributed by atoms with van der Waals surface area (Å²) in [4.78, 5) is 30.7. The Labute approximate surface area is 209 Å². The number of benzene rings is 1. The number of nitrogens with zero attached hydrogens (tertiary/aromatic N) is 3. The van der Waals surface area contributed by atoms with E-state index in [1.807, 2.05) is 32.0 Å². The van der Waals surface area contributed by atoms with E-state index < -0.39 is 0 Å². The number of hydrogen-bond acceptors (Lipinski definition) is 3. The van der Waals surface area contributed by atoms with Gasteiger partial charge in [0, 0.05) is 51.7 Å². The Morgan fingerprint density at radius 3 is 2.21 bits per heavy atom. The normalized spacial score (nSPS) is 20.3. The van der Waals surface area contributed by atoms with Gasteiger partial charge in [-0.25, -0.2) is 4.79 Å². The van der Waals surface area contributed by atoms with E-state index in [1.165, 1.54) is 0 Å². The fourth-order valence-corrected chi connectivity index (χ4v) is 4.96. The predicted molar refractivity (Wildman–Crippen MR) is 137 cm³/mol. The second-order valence-corrected chi connectivity index (χ2v) is 10.7. The zero-order valence-electron chi connectivity index (χ0n) is 20.7. The van der Waals surface area contributed by atoms with E-state index in [1.54, 1.807) is 4.90 Å². The van der Waals surface area contributed by atoms with Crippen LogP contribution in [-0.2, 0) is 11.3 Å². The van der Waals surface area contributed by atoms with Gasteiger partial charge >= 0.3 is 6.03 Å². The molecular formula is C25H40Cl2N4O2. The predicted octanol–water partition coefficient (Wildman–Crippen LogP) is 5.26. The van der Waals surface area contributed by atoms with Gasteiger partial charge in [0.15, 0.2) is 0 Å². The summed E-state index contributed by atoms with van der Waals surface area (Å²) >= 11 is 12.2. The summed E-state index contributed by atoms with van der Waals surface area (Å²) in [6.45, 7) is 15.1. The summed E-state index contributed by atoms with van der Waals surface area (Å²) in [5, 5.41) is 1.14. The Balaban J connectivity index is 0.00000187. The maximum Gasteiger partial charge on any atom is 0.314 e. The average Bonchev–Trinajstić information content (AvgIpc) is 2.77. The van der Waals surface area contributed by atoms with Crippen LogP contribution in [0.3, 0.4) is 0 Å². The first kappa shape index (κ1) is 27.7. The third kappa shape index (κ3) is 7.76. The molecule has 6 nitrogen and oxygen atoms in total. The number of halogens is 2. The molecule has 0 aliphatic carbocycles. The molecule has 33 heavy (non-hydrogen) atoms. The molecule has 2 saturated heterocycles. The Morgan fingerprint density at radius 2 is 1.67 bits per heavy atom. The Hall–Kier alpha value is -1.50. The van der Waals surface area contributed by atoms with Crippen LogP contribution in [0.4, 0.5) is 4.79 Å². The molecule has 2 aliphatic rings. The molecule has 1 atom stereocenters. The van der Waals surface area contributed by atoms with Gasteiger partial charge in [-0.05, 0) is 41.9 Å². The third-order valence-electron chi connectivity index (χ3n) is 6.56. The maximum absolute atomic E-state index is 13.3. The van der Waals surface area contributed by atoms with Crippen molar-refractivity contribution in [3.63, 3.8) is 0 Å². The van der Waals surface area contributed by atoms with Crippen molar-refractivity contribution < 1.29 is 9.59 Å². The number of carbonyl (C=O) groups is 2. The molecule has 0 saturated carbocycles. The highest BCUT2D eigenvalue weighted by molar-refractivity contribution is 6.42. The van der Waals surface area contributed by atoms with Crippen LogP contribution in [0.15, 0.2) is 18.2 Å². The van der Waals surface area contributed by atoms with E-state index >= 15 is 0 Å². The molecule has 1 unspecified atom stereocenters. The largest absolute Gasteiger partial charge is 0.351 e. The number of piperidine rings is 1. The highest BCUT2D eigenvalue weighted by Gasteiger charge is 2.38. The van der Waals surface area contributed by atoms with Crippen molar-refractivity contribution in [3.8, 4) is 0 Å². The Bertz CT molecular complexity index is 804. The van der Waals surface area contributed by atoms with Gasteiger partial charge in [0.05, 0.1) is 10.0 Å². The molecule has 1 aromatic carbocycles. The zero-order chi connectivity index (χ0) is 24.8. The van der Waals surface area contributed by atoms with Crippen LogP contribution in [0.1, 0.15) is 59.4 Å². The lowest BCUT2D eigenvalue weighted by atomic mass is 9.83. The van der Waals surface area contributed by atoms with E-state index in [2.05, 4.69) is 30.6 Å². The van der Waals surface area contributed by atoms with Crippen molar-refractivity contribution >= 4 is 35.1 Å². The van der Waals surface area contributed by atoms with Crippen LogP contribution >= 0.6 is 23.2 Å². The van der Waals surface area contributed by atoms with Crippen molar-refractivity contribution in [2.75, 3.05) is 32.7 Å². The van der Waals surface area contributed by atoms with Crippen LogP contribution in [0.5, 0.6) is 0 Å². The van der Waals surface area contributed by atoms with Gasteiger partial charge in [0.1, 0.15) is 0 Å². The molecule has 0 spiro atoms. The van der Waals surface area contributed by atoms with Crippen molar-refractivity contribution in [2.24, 2.45) is 17.1 Å².